The van der Waals surface area contributed by atoms with E-state index in [1.165, 1.54) is 26.7 Å². The first-order valence-electron chi connectivity index (χ1n) is 11.9. The molecule has 0 aliphatic heterocycles. The van der Waals surface area contributed by atoms with E-state index in [9.17, 15) is 19.2 Å². The Kier molecular flexibility index (Phi) is 6.14. The van der Waals surface area contributed by atoms with Crippen molar-refractivity contribution in [3.05, 3.63) is 35.5 Å². The number of rotatable bonds is 7. The summed E-state index contributed by atoms with van der Waals surface area (Å²) in [6.07, 6.45) is 17.4. The van der Waals surface area contributed by atoms with Gasteiger partial charge in [0.2, 0.25) is 5.91 Å². The molecular formula is C26H33NO4. The van der Waals surface area contributed by atoms with Crippen molar-refractivity contribution in [1.29, 1.82) is 0 Å². The van der Waals surface area contributed by atoms with Gasteiger partial charge in [0.05, 0.1) is 0 Å². The van der Waals surface area contributed by atoms with E-state index < -0.39 is 22.9 Å². The first kappa shape index (κ1) is 21.9. The molecule has 0 aromatic rings. The molecule has 0 N–H and O–H groups in total. The number of nitrogens with zero attached hydrogens (tertiary/aromatic N) is 1. The lowest BCUT2D eigenvalue weighted by atomic mass is 9.69. The molecule has 1 unspecified atom stereocenters. The second-order valence-electron chi connectivity index (χ2n) is 9.62. The van der Waals surface area contributed by atoms with E-state index in [-0.39, 0.29) is 23.8 Å². The predicted molar refractivity (Wildman–Crippen MR) is 118 cm³/mol. The molecule has 1 atom stereocenters. The van der Waals surface area contributed by atoms with Crippen molar-refractivity contribution in [1.82, 2.24) is 4.90 Å². The van der Waals surface area contributed by atoms with Crippen LogP contribution in [0.3, 0.4) is 0 Å². The third-order valence-corrected chi connectivity index (χ3v) is 7.75. The van der Waals surface area contributed by atoms with Crippen LogP contribution < -0.4 is 0 Å². The molecular weight excluding hydrogens is 390 g/mol. The maximum Gasteiger partial charge on any atom is 0.241 e. The van der Waals surface area contributed by atoms with Crippen LogP contribution in [0.5, 0.6) is 0 Å². The zero-order valence-corrected chi connectivity index (χ0v) is 18.7. The average Bonchev–Trinajstić information content (AvgIpc) is 3.32. The number of fused-ring (bicyclic) bond motifs is 2. The molecule has 0 spiro atoms. The summed E-state index contributed by atoms with van der Waals surface area (Å²) in [5.74, 6) is -3.13. The zero-order valence-electron chi connectivity index (χ0n) is 18.7. The standard InChI is InChI=1S/C26H33NO4/c1-17(28)23(24(30)26(18(2)29)19-13-14-20(26)16-15-19)25(31)27(21-9-5-3-6-10-21)22-11-7-4-8-12-22/h13-16,21-23H,3-12H2,1-2H3. The number of amides is 1. The fourth-order valence-electron chi connectivity index (χ4n) is 6.21. The normalized spacial score (nSPS) is 23.8. The average molecular weight is 424 g/mol. The predicted octanol–water partition coefficient (Wildman–Crippen LogP) is 4.27. The maximum atomic E-state index is 14.0. The molecule has 4 rings (SSSR count). The van der Waals surface area contributed by atoms with Crippen molar-refractivity contribution < 1.29 is 19.2 Å². The minimum Gasteiger partial charge on any atom is -0.336 e. The third-order valence-electron chi connectivity index (χ3n) is 7.75. The van der Waals surface area contributed by atoms with Gasteiger partial charge < -0.3 is 4.90 Å². The van der Waals surface area contributed by atoms with Gasteiger partial charge in [-0.3, -0.25) is 19.2 Å². The molecule has 31 heavy (non-hydrogen) atoms. The van der Waals surface area contributed by atoms with Crippen LogP contribution >= 0.6 is 0 Å². The first-order valence-corrected chi connectivity index (χ1v) is 11.9. The SMILES string of the molecule is CC(=O)C(C(=O)N(C1CCCCC1)C1CCCCC1)C(=O)C1(C(C)=O)C2=CC=C1C=C2. The van der Waals surface area contributed by atoms with E-state index in [1.807, 2.05) is 4.90 Å². The molecule has 5 heteroatoms. The zero-order chi connectivity index (χ0) is 22.2. The third kappa shape index (κ3) is 3.56. The summed E-state index contributed by atoms with van der Waals surface area (Å²) in [4.78, 5) is 55.5. The molecule has 4 aliphatic rings. The molecule has 0 saturated heterocycles. The molecule has 0 aromatic heterocycles. The first-order chi connectivity index (χ1) is 14.9. The van der Waals surface area contributed by atoms with Crippen molar-refractivity contribution in [2.75, 3.05) is 0 Å². The molecule has 166 valence electrons. The molecule has 0 aromatic carbocycles. The van der Waals surface area contributed by atoms with Gasteiger partial charge in [0.25, 0.3) is 0 Å². The Hall–Kier alpha value is -2.30. The Morgan fingerprint density at radius 1 is 0.806 bits per heavy atom. The molecule has 4 aliphatic carbocycles. The van der Waals surface area contributed by atoms with Gasteiger partial charge in [-0.05, 0) is 50.7 Å². The van der Waals surface area contributed by atoms with Gasteiger partial charge >= 0.3 is 0 Å². The number of carbonyl (C=O) groups is 4. The number of hydrogen-bond donors (Lipinski definition) is 0. The molecule has 1 amide bonds. The van der Waals surface area contributed by atoms with Crippen LogP contribution in [0, 0.1) is 11.3 Å². The van der Waals surface area contributed by atoms with Crippen molar-refractivity contribution in [3.8, 4) is 0 Å². The highest BCUT2D eigenvalue weighted by Crippen LogP contribution is 2.50. The van der Waals surface area contributed by atoms with Gasteiger partial charge in [0.15, 0.2) is 17.5 Å². The van der Waals surface area contributed by atoms with Gasteiger partial charge in [-0.15, -0.1) is 0 Å². The lowest BCUT2D eigenvalue weighted by Crippen LogP contribution is -2.56. The van der Waals surface area contributed by atoms with Crippen LogP contribution in [0.1, 0.15) is 78.1 Å². The summed E-state index contributed by atoms with van der Waals surface area (Å²) < 4.78 is 0. The fourth-order valence-corrected chi connectivity index (χ4v) is 6.21. The van der Waals surface area contributed by atoms with E-state index in [2.05, 4.69) is 0 Å². The Balaban J connectivity index is 1.70. The number of Topliss-reactive ketones (excluding diaryl/α,β-unsaturated/α-hetero) is 3. The Morgan fingerprint density at radius 3 is 1.61 bits per heavy atom. The number of carbonyl (C=O) groups excluding carboxylic acids is 4. The highest BCUT2D eigenvalue weighted by Gasteiger charge is 2.57. The molecule has 0 radical (unpaired) electrons. The lowest BCUT2D eigenvalue weighted by Gasteiger charge is -2.43. The van der Waals surface area contributed by atoms with Crippen LogP contribution in [0.2, 0.25) is 0 Å². The number of allylic oxidation sites excluding steroid dienone is 6. The van der Waals surface area contributed by atoms with Crippen LogP contribution in [-0.2, 0) is 19.2 Å². The van der Waals surface area contributed by atoms with Gasteiger partial charge in [-0.2, -0.15) is 0 Å². The van der Waals surface area contributed by atoms with Gasteiger partial charge in [-0.1, -0.05) is 62.8 Å². The molecule has 2 fully saturated rings. The molecule has 5 nitrogen and oxygen atoms in total. The van der Waals surface area contributed by atoms with Crippen LogP contribution in [0.4, 0.5) is 0 Å². The quantitative estimate of drug-likeness (QED) is 0.574. The Morgan fingerprint density at radius 2 is 1.26 bits per heavy atom. The van der Waals surface area contributed by atoms with E-state index in [0.717, 1.165) is 51.4 Å². The second-order valence-corrected chi connectivity index (χ2v) is 9.62. The van der Waals surface area contributed by atoms with Gasteiger partial charge in [0.1, 0.15) is 11.2 Å². The van der Waals surface area contributed by atoms with Gasteiger partial charge in [-0.25, -0.2) is 0 Å². The summed E-state index contributed by atoms with van der Waals surface area (Å²) in [5, 5.41) is 0. The van der Waals surface area contributed by atoms with Gasteiger partial charge in [0, 0.05) is 12.1 Å². The fraction of sp³-hybridized carbons (Fsp3) is 0.615. The summed E-state index contributed by atoms with van der Waals surface area (Å²) in [5.41, 5.74) is -0.321. The highest BCUT2D eigenvalue weighted by molar-refractivity contribution is 6.28. The molecule has 2 bridgehead atoms. The monoisotopic (exact) mass is 423 g/mol. The topological polar surface area (TPSA) is 71.5 Å². The summed E-state index contributed by atoms with van der Waals surface area (Å²) in [6.45, 7) is 2.71. The molecule has 2 saturated carbocycles. The van der Waals surface area contributed by atoms with Crippen molar-refractivity contribution in [2.45, 2.75) is 90.1 Å². The maximum absolute atomic E-state index is 14.0. The van der Waals surface area contributed by atoms with E-state index in [0.29, 0.717) is 11.1 Å². The van der Waals surface area contributed by atoms with E-state index >= 15 is 0 Å². The van der Waals surface area contributed by atoms with E-state index in [4.69, 9.17) is 0 Å². The highest BCUT2D eigenvalue weighted by atomic mass is 16.2. The Bertz CT molecular complexity index is 841. The second kappa shape index (κ2) is 8.68. The number of ketones is 3. The van der Waals surface area contributed by atoms with Crippen LogP contribution in [-0.4, -0.2) is 40.2 Å². The molecule has 0 heterocycles. The lowest BCUT2D eigenvalue weighted by molar-refractivity contribution is -0.152. The van der Waals surface area contributed by atoms with Crippen LogP contribution in [0.15, 0.2) is 35.5 Å². The van der Waals surface area contributed by atoms with Crippen molar-refractivity contribution in [2.24, 2.45) is 11.3 Å². The van der Waals surface area contributed by atoms with Crippen molar-refractivity contribution in [3.63, 3.8) is 0 Å². The smallest absolute Gasteiger partial charge is 0.241 e. The van der Waals surface area contributed by atoms with E-state index in [1.54, 1.807) is 24.3 Å². The van der Waals surface area contributed by atoms with Crippen LogP contribution in [0.25, 0.3) is 0 Å². The Labute approximate surface area is 184 Å². The largest absolute Gasteiger partial charge is 0.336 e. The summed E-state index contributed by atoms with van der Waals surface area (Å²) in [6, 6.07) is 0.174. The summed E-state index contributed by atoms with van der Waals surface area (Å²) in [7, 11) is 0. The minimum atomic E-state index is -1.49. The van der Waals surface area contributed by atoms with Crippen molar-refractivity contribution >= 4 is 23.3 Å². The number of hydrogen-bond acceptors (Lipinski definition) is 4. The minimum absolute atomic E-state index is 0.0872. The summed E-state index contributed by atoms with van der Waals surface area (Å²) >= 11 is 0.